The SMILES string of the molecule is CC1CCCCC1Oc1nc(N)cn2ccnc12. The van der Waals surface area contributed by atoms with Crippen molar-refractivity contribution in [2.24, 2.45) is 5.92 Å². The summed E-state index contributed by atoms with van der Waals surface area (Å²) >= 11 is 0. The van der Waals surface area contributed by atoms with Gasteiger partial charge in [-0.3, -0.25) is 4.40 Å². The highest BCUT2D eigenvalue weighted by Gasteiger charge is 2.24. The van der Waals surface area contributed by atoms with Gasteiger partial charge in [-0.25, -0.2) is 4.98 Å². The van der Waals surface area contributed by atoms with Gasteiger partial charge < -0.3 is 10.5 Å². The van der Waals surface area contributed by atoms with Crippen LogP contribution in [0.4, 0.5) is 5.82 Å². The Balaban J connectivity index is 1.91. The molecule has 0 bridgehead atoms. The van der Waals surface area contributed by atoms with Crippen LogP contribution in [0.1, 0.15) is 32.6 Å². The Bertz CT molecular complexity index is 551. The first-order valence-corrected chi connectivity index (χ1v) is 6.50. The van der Waals surface area contributed by atoms with Crippen molar-refractivity contribution in [2.75, 3.05) is 5.73 Å². The second-order valence-electron chi connectivity index (χ2n) is 5.05. The van der Waals surface area contributed by atoms with Crippen LogP contribution in [0.25, 0.3) is 5.65 Å². The molecule has 5 heteroatoms. The predicted molar refractivity (Wildman–Crippen MR) is 69.4 cm³/mol. The third kappa shape index (κ3) is 2.00. The van der Waals surface area contributed by atoms with Gasteiger partial charge in [0.25, 0.3) is 5.88 Å². The summed E-state index contributed by atoms with van der Waals surface area (Å²) in [5.41, 5.74) is 6.52. The number of hydrogen-bond acceptors (Lipinski definition) is 4. The van der Waals surface area contributed by atoms with Gasteiger partial charge >= 0.3 is 0 Å². The van der Waals surface area contributed by atoms with E-state index < -0.39 is 0 Å². The molecule has 0 spiro atoms. The standard InChI is InChI=1S/C13H18N4O/c1-9-4-2-3-5-10(9)18-13-12-15-6-7-17(12)8-11(14)16-13/h6-10H,2-5,14H2,1H3. The number of aromatic nitrogens is 3. The Hall–Kier alpha value is -1.78. The van der Waals surface area contributed by atoms with Crippen LogP contribution in [0, 0.1) is 5.92 Å². The van der Waals surface area contributed by atoms with Gasteiger partial charge in [0.05, 0.1) is 6.20 Å². The summed E-state index contributed by atoms with van der Waals surface area (Å²) in [5, 5.41) is 0. The largest absolute Gasteiger partial charge is 0.471 e. The zero-order chi connectivity index (χ0) is 12.5. The maximum absolute atomic E-state index is 6.05. The van der Waals surface area contributed by atoms with E-state index in [1.54, 1.807) is 12.4 Å². The summed E-state index contributed by atoms with van der Waals surface area (Å²) < 4.78 is 7.90. The molecule has 1 saturated carbocycles. The normalized spacial score (nSPS) is 24.3. The average Bonchev–Trinajstić information content (AvgIpc) is 2.80. The van der Waals surface area contributed by atoms with Gasteiger partial charge in [0.15, 0.2) is 0 Å². The Morgan fingerprint density at radius 3 is 3.06 bits per heavy atom. The number of nitrogens with zero attached hydrogens (tertiary/aromatic N) is 3. The molecule has 1 fully saturated rings. The van der Waals surface area contributed by atoms with Gasteiger partial charge in [-0.15, -0.1) is 0 Å². The van der Waals surface area contributed by atoms with Crippen molar-refractivity contribution in [1.29, 1.82) is 0 Å². The van der Waals surface area contributed by atoms with E-state index >= 15 is 0 Å². The van der Waals surface area contributed by atoms with Crippen molar-refractivity contribution >= 4 is 11.5 Å². The predicted octanol–water partition coefficient (Wildman–Crippen LogP) is 2.27. The van der Waals surface area contributed by atoms with Gasteiger partial charge in [-0.2, -0.15) is 4.98 Å². The summed E-state index contributed by atoms with van der Waals surface area (Å²) in [6, 6.07) is 0. The first-order valence-electron chi connectivity index (χ1n) is 6.50. The minimum atomic E-state index is 0.230. The topological polar surface area (TPSA) is 65.4 Å². The number of hydrogen-bond donors (Lipinski definition) is 1. The fourth-order valence-corrected chi connectivity index (χ4v) is 2.60. The molecule has 0 radical (unpaired) electrons. The zero-order valence-corrected chi connectivity index (χ0v) is 10.5. The maximum atomic E-state index is 6.05. The number of imidazole rings is 1. The highest BCUT2D eigenvalue weighted by atomic mass is 16.5. The second kappa shape index (κ2) is 4.48. The van der Waals surface area contributed by atoms with Gasteiger partial charge in [0.1, 0.15) is 11.9 Å². The average molecular weight is 246 g/mol. The van der Waals surface area contributed by atoms with E-state index in [0.29, 0.717) is 17.6 Å². The number of fused-ring (bicyclic) bond motifs is 1. The van der Waals surface area contributed by atoms with Crippen molar-refractivity contribution < 1.29 is 4.74 Å². The Labute approximate surface area is 106 Å². The van der Waals surface area contributed by atoms with Gasteiger partial charge in [-0.05, 0) is 25.2 Å². The molecule has 0 aromatic carbocycles. The second-order valence-corrected chi connectivity index (χ2v) is 5.05. The van der Waals surface area contributed by atoms with E-state index in [2.05, 4.69) is 16.9 Å². The van der Waals surface area contributed by atoms with Crippen LogP contribution >= 0.6 is 0 Å². The first-order chi connectivity index (χ1) is 8.74. The minimum absolute atomic E-state index is 0.230. The quantitative estimate of drug-likeness (QED) is 0.882. The first kappa shape index (κ1) is 11.3. The number of nitrogen functional groups attached to an aromatic ring is 1. The fourth-order valence-electron chi connectivity index (χ4n) is 2.60. The summed E-state index contributed by atoms with van der Waals surface area (Å²) in [5.74, 6) is 1.58. The lowest BCUT2D eigenvalue weighted by atomic mass is 9.88. The highest BCUT2D eigenvalue weighted by molar-refractivity contribution is 5.52. The molecule has 18 heavy (non-hydrogen) atoms. The zero-order valence-electron chi connectivity index (χ0n) is 10.5. The van der Waals surface area contributed by atoms with E-state index in [9.17, 15) is 0 Å². The van der Waals surface area contributed by atoms with Crippen LogP contribution in [-0.4, -0.2) is 20.5 Å². The molecule has 3 rings (SSSR count). The number of nitrogens with two attached hydrogens (primary N) is 1. The summed E-state index contributed by atoms with van der Waals surface area (Å²) in [4.78, 5) is 8.54. The highest BCUT2D eigenvalue weighted by Crippen LogP contribution is 2.29. The Kier molecular flexibility index (Phi) is 2.81. The minimum Gasteiger partial charge on any atom is -0.471 e. The molecule has 1 aliphatic carbocycles. The van der Waals surface area contributed by atoms with E-state index in [1.807, 2.05) is 10.6 Å². The Morgan fingerprint density at radius 1 is 1.39 bits per heavy atom. The third-order valence-corrected chi connectivity index (χ3v) is 3.66. The number of ether oxygens (including phenoxy) is 1. The van der Waals surface area contributed by atoms with Crippen molar-refractivity contribution in [3.63, 3.8) is 0 Å². The lowest BCUT2D eigenvalue weighted by Gasteiger charge is -2.28. The molecule has 2 atom stereocenters. The van der Waals surface area contributed by atoms with Crippen molar-refractivity contribution in [3.8, 4) is 5.88 Å². The van der Waals surface area contributed by atoms with E-state index in [-0.39, 0.29) is 6.10 Å². The molecule has 0 saturated heterocycles. The van der Waals surface area contributed by atoms with E-state index in [1.165, 1.54) is 19.3 Å². The molecule has 0 amide bonds. The molecule has 96 valence electrons. The summed E-state index contributed by atoms with van der Waals surface area (Å²) in [6.07, 6.45) is 10.4. The smallest absolute Gasteiger partial charge is 0.260 e. The molecule has 0 aliphatic heterocycles. The van der Waals surface area contributed by atoms with Crippen molar-refractivity contribution in [1.82, 2.24) is 14.4 Å². The molecule has 2 aromatic heterocycles. The summed E-state index contributed by atoms with van der Waals surface area (Å²) in [7, 11) is 0. The van der Waals surface area contributed by atoms with Crippen molar-refractivity contribution in [3.05, 3.63) is 18.6 Å². The van der Waals surface area contributed by atoms with Gasteiger partial charge in [0.2, 0.25) is 5.65 Å². The van der Waals surface area contributed by atoms with Gasteiger partial charge in [0, 0.05) is 12.4 Å². The molecule has 2 heterocycles. The summed E-state index contributed by atoms with van der Waals surface area (Å²) in [6.45, 7) is 2.24. The van der Waals surface area contributed by atoms with Crippen LogP contribution in [0.5, 0.6) is 5.88 Å². The molecule has 2 N–H and O–H groups in total. The third-order valence-electron chi connectivity index (χ3n) is 3.66. The number of rotatable bonds is 2. The maximum Gasteiger partial charge on any atom is 0.260 e. The van der Waals surface area contributed by atoms with E-state index in [4.69, 9.17) is 10.5 Å². The monoisotopic (exact) mass is 246 g/mol. The van der Waals surface area contributed by atoms with E-state index in [0.717, 1.165) is 12.1 Å². The van der Waals surface area contributed by atoms with Crippen LogP contribution in [0.15, 0.2) is 18.6 Å². The molecule has 5 nitrogen and oxygen atoms in total. The van der Waals surface area contributed by atoms with Crippen LogP contribution in [0.2, 0.25) is 0 Å². The molecule has 2 aromatic rings. The lowest BCUT2D eigenvalue weighted by Crippen LogP contribution is -2.28. The van der Waals surface area contributed by atoms with Crippen LogP contribution in [-0.2, 0) is 0 Å². The fraction of sp³-hybridized carbons (Fsp3) is 0.538. The number of anilines is 1. The Morgan fingerprint density at radius 2 is 2.22 bits per heavy atom. The van der Waals surface area contributed by atoms with Crippen molar-refractivity contribution in [2.45, 2.75) is 38.7 Å². The molecule has 1 aliphatic rings. The van der Waals surface area contributed by atoms with Crippen LogP contribution < -0.4 is 10.5 Å². The van der Waals surface area contributed by atoms with Crippen LogP contribution in [0.3, 0.4) is 0 Å². The molecular formula is C13H18N4O. The molecular weight excluding hydrogens is 228 g/mol. The van der Waals surface area contributed by atoms with Gasteiger partial charge in [-0.1, -0.05) is 13.3 Å². The lowest BCUT2D eigenvalue weighted by molar-refractivity contribution is 0.0988. The molecule has 2 unspecified atom stereocenters.